The van der Waals surface area contributed by atoms with Crippen LogP contribution in [0.5, 0.6) is 5.75 Å². The van der Waals surface area contributed by atoms with E-state index in [9.17, 15) is 8.42 Å². The van der Waals surface area contributed by atoms with Gasteiger partial charge in [0.05, 0.1) is 17.7 Å². The number of nitrogens with zero attached hydrogens (tertiary/aromatic N) is 1. The Balaban J connectivity index is 1.74. The fourth-order valence-corrected chi connectivity index (χ4v) is 3.84. The lowest BCUT2D eigenvalue weighted by molar-refractivity contribution is 0.415. The maximum atomic E-state index is 12.6. The SMILES string of the molecule is COc1ccc(C=Nc2ccc(S(=O)(=O)Nc3cc(C)cc(C)c3)cc2)cc1. The molecule has 0 atom stereocenters. The molecule has 1 N–H and O–H groups in total. The van der Waals surface area contributed by atoms with Gasteiger partial charge in [-0.15, -0.1) is 0 Å². The first-order valence-corrected chi connectivity index (χ1v) is 10.2. The molecule has 28 heavy (non-hydrogen) atoms. The van der Waals surface area contributed by atoms with Crippen LogP contribution in [-0.4, -0.2) is 21.7 Å². The molecule has 6 heteroatoms. The van der Waals surface area contributed by atoms with E-state index in [4.69, 9.17) is 4.74 Å². The maximum Gasteiger partial charge on any atom is 0.261 e. The van der Waals surface area contributed by atoms with E-state index in [2.05, 4.69) is 9.71 Å². The van der Waals surface area contributed by atoms with Crippen molar-refractivity contribution >= 4 is 27.6 Å². The first-order valence-electron chi connectivity index (χ1n) is 8.75. The van der Waals surface area contributed by atoms with Crippen molar-refractivity contribution < 1.29 is 13.2 Å². The molecule has 0 unspecified atom stereocenters. The molecule has 0 aliphatic heterocycles. The molecule has 0 spiro atoms. The number of hydrogen-bond acceptors (Lipinski definition) is 4. The lowest BCUT2D eigenvalue weighted by atomic mass is 10.1. The van der Waals surface area contributed by atoms with Crippen molar-refractivity contribution in [2.24, 2.45) is 4.99 Å². The molecule has 3 aromatic carbocycles. The summed E-state index contributed by atoms with van der Waals surface area (Å²) in [6, 6.07) is 19.6. The molecule has 0 saturated heterocycles. The summed E-state index contributed by atoms with van der Waals surface area (Å²) < 4.78 is 33.0. The first-order chi connectivity index (χ1) is 13.4. The molecule has 144 valence electrons. The minimum atomic E-state index is -3.65. The van der Waals surface area contributed by atoms with Crippen molar-refractivity contribution in [3.05, 3.63) is 83.4 Å². The average molecular weight is 394 g/mol. The number of aryl methyl sites for hydroxylation is 2. The van der Waals surface area contributed by atoms with Gasteiger partial charge in [-0.3, -0.25) is 9.71 Å². The molecular weight excluding hydrogens is 372 g/mol. The number of sulfonamides is 1. The standard InChI is InChI=1S/C22H22N2O3S/c1-16-12-17(2)14-20(13-16)24-28(25,26)22-10-6-19(7-11-22)23-15-18-4-8-21(27-3)9-5-18/h4-15,24H,1-3H3. The third-order valence-electron chi connectivity index (χ3n) is 4.10. The van der Waals surface area contributed by atoms with Gasteiger partial charge in [-0.1, -0.05) is 6.07 Å². The molecule has 0 radical (unpaired) electrons. The van der Waals surface area contributed by atoms with E-state index in [1.54, 1.807) is 49.7 Å². The Hall–Kier alpha value is -3.12. The Morgan fingerprint density at radius 2 is 1.50 bits per heavy atom. The van der Waals surface area contributed by atoms with E-state index in [0.29, 0.717) is 11.4 Å². The van der Waals surface area contributed by atoms with Crippen molar-refractivity contribution in [2.45, 2.75) is 18.7 Å². The van der Waals surface area contributed by atoms with Crippen LogP contribution in [0.15, 0.2) is 76.6 Å². The van der Waals surface area contributed by atoms with Gasteiger partial charge < -0.3 is 4.74 Å². The highest BCUT2D eigenvalue weighted by atomic mass is 32.2. The van der Waals surface area contributed by atoms with E-state index in [-0.39, 0.29) is 4.90 Å². The Morgan fingerprint density at radius 1 is 0.893 bits per heavy atom. The predicted octanol–water partition coefficient (Wildman–Crippen LogP) is 4.86. The summed E-state index contributed by atoms with van der Waals surface area (Å²) in [6.45, 7) is 3.86. The molecule has 0 saturated carbocycles. The zero-order valence-corrected chi connectivity index (χ0v) is 16.8. The summed E-state index contributed by atoms with van der Waals surface area (Å²) in [6.07, 6.45) is 1.72. The quantitative estimate of drug-likeness (QED) is 0.607. The van der Waals surface area contributed by atoms with Gasteiger partial charge in [0.2, 0.25) is 0 Å². The molecule has 0 fully saturated rings. The van der Waals surface area contributed by atoms with Crippen molar-refractivity contribution in [3.8, 4) is 5.75 Å². The molecule has 0 aromatic heterocycles. The average Bonchev–Trinajstić information content (AvgIpc) is 2.66. The third-order valence-corrected chi connectivity index (χ3v) is 5.50. The fraction of sp³-hybridized carbons (Fsp3) is 0.136. The van der Waals surface area contributed by atoms with Gasteiger partial charge in [0.25, 0.3) is 10.0 Å². The Labute approximate surface area is 165 Å². The Morgan fingerprint density at radius 3 is 2.07 bits per heavy atom. The number of benzene rings is 3. The van der Waals surface area contributed by atoms with E-state index < -0.39 is 10.0 Å². The lowest BCUT2D eigenvalue weighted by Crippen LogP contribution is -2.13. The summed E-state index contributed by atoms with van der Waals surface area (Å²) in [5.41, 5.74) is 4.15. The smallest absolute Gasteiger partial charge is 0.261 e. The van der Waals surface area contributed by atoms with Crippen LogP contribution in [0.3, 0.4) is 0 Å². The normalized spacial score (nSPS) is 11.5. The van der Waals surface area contributed by atoms with E-state index in [1.165, 1.54) is 0 Å². The summed E-state index contributed by atoms with van der Waals surface area (Å²) in [5, 5.41) is 0. The van der Waals surface area contributed by atoms with E-state index in [0.717, 1.165) is 22.4 Å². The summed E-state index contributed by atoms with van der Waals surface area (Å²) in [4.78, 5) is 4.57. The van der Waals surface area contributed by atoms with Gasteiger partial charge >= 0.3 is 0 Å². The second-order valence-corrected chi connectivity index (χ2v) is 8.19. The number of nitrogens with one attached hydrogen (secondary N) is 1. The van der Waals surface area contributed by atoms with Gasteiger partial charge in [-0.25, -0.2) is 8.42 Å². The molecule has 0 heterocycles. The van der Waals surface area contributed by atoms with E-state index in [1.807, 2.05) is 44.2 Å². The minimum Gasteiger partial charge on any atom is -0.497 e. The summed E-state index contributed by atoms with van der Waals surface area (Å²) >= 11 is 0. The Kier molecular flexibility index (Phi) is 5.80. The molecule has 0 bridgehead atoms. The van der Waals surface area contributed by atoms with Crippen LogP contribution >= 0.6 is 0 Å². The van der Waals surface area contributed by atoms with Crippen molar-refractivity contribution in [1.29, 1.82) is 0 Å². The largest absolute Gasteiger partial charge is 0.497 e. The lowest BCUT2D eigenvalue weighted by Gasteiger charge is -2.10. The fourth-order valence-electron chi connectivity index (χ4n) is 2.80. The van der Waals surface area contributed by atoms with Crippen LogP contribution in [0.4, 0.5) is 11.4 Å². The second-order valence-electron chi connectivity index (χ2n) is 6.51. The molecule has 3 rings (SSSR count). The maximum absolute atomic E-state index is 12.6. The highest BCUT2D eigenvalue weighted by molar-refractivity contribution is 7.92. The zero-order valence-electron chi connectivity index (χ0n) is 16.0. The van der Waals surface area contributed by atoms with Gasteiger partial charge in [-0.05, 0) is 91.2 Å². The van der Waals surface area contributed by atoms with Crippen LogP contribution in [0, 0.1) is 13.8 Å². The molecule has 0 aliphatic rings. The van der Waals surface area contributed by atoms with Crippen molar-refractivity contribution in [2.75, 3.05) is 11.8 Å². The number of ether oxygens (including phenoxy) is 1. The molecular formula is C22H22N2O3S. The van der Waals surface area contributed by atoms with Crippen LogP contribution in [0.25, 0.3) is 0 Å². The predicted molar refractivity (Wildman–Crippen MR) is 113 cm³/mol. The first kappa shape index (κ1) is 19.6. The monoisotopic (exact) mass is 394 g/mol. The molecule has 0 aliphatic carbocycles. The highest BCUT2D eigenvalue weighted by Gasteiger charge is 2.14. The highest BCUT2D eigenvalue weighted by Crippen LogP contribution is 2.21. The minimum absolute atomic E-state index is 0.190. The van der Waals surface area contributed by atoms with Crippen LogP contribution in [0.2, 0.25) is 0 Å². The van der Waals surface area contributed by atoms with Crippen molar-refractivity contribution in [1.82, 2.24) is 0 Å². The van der Waals surface area contributed by atoms with Crippen molar-refractivity contribution in [3.63, 3.8) is 0 Å². The molecule has 3 aromatic rings. The summed E-state index contributed by atoms with van der Waals surface area (Å²) in [7, 11) is -2.04. The van der Waals surface area contributed by atoms with Gasteiger partial charge in [0.1, 0.15) is 5.75 Å². The zero-order chi connectivity index (χ0) is 20.1. The Bertz CT molecular complexity index is 1070. The number of anilines is 1. The molecule has 0 amide bonds. The van der Waals surface area contributed by atoms with Gasteiger partial charge in [0.15, 0.2) is 0 Å². The number of methoxy groups -OCH3 is 1. The number of aliphatic imine (C=N–C) groups is 1. The van der Waals surface area contributed by atoms with Crippen LogP contribution < -0.4 is 9.46 Å². The summed E-state index contributed by atoms with van der Waals surface area (Å²) in [5.74, 6) is 0.781. The van der Waals surface area contributed by atoms with Gasteiger partial charge in [-0.2, -0.15) is 0 Å². The van der Waals surface area contributed by atoms with Gasteiger partial charge in [0, 0.05) is 11.9 Å². The second kappa shape index (κ2) is 8.27. The third kappa shape index (κ3) is 4.98. The van der Waals surface area contributed by atoms with Crippen LogP contribution in [-0.2, 0) is 10.0 Å². The molecule has 5 nitrogen and oxygen atoms in total. The van der Waals surface area contributed by atoms with Crippen LogP contribution in [0.1, 0.15) is 16.7 Å². The van der Waals surface area contributed by atoms with E-state index >= 15 is 0 Å². The number of hydrogen-bond donors (Lipinski definition) is 1. The topological polar surface area (TPSA) is 67.8 Å². The number of rotatable bonds is 6.